The van der Waals surface area contributed by atoms with Crippen LogP contribution in [-0.4, -0.2) is 65.7 Å². The number of alkyl halides is 3. The molecule has 14 heteroatoms. The maximum absolute atomic E-state index is 13.8. The molecule has 0 fully saturated rings. The Hall–Kier alpha value is -3.29. The zero-order valence-corrected chi connectivity index (χ0v) is 15.9. The van der Waals surface area contributed by atoms with Gasteiger partial charge in [-0.1, -0.05) is 0 Å². The number of benzene rings is 1. The van der Waals surface area contributed by atoms with Crippen LogP contribution in [0.25, 0.3) is 10.2 Å². The predicted molar refractivity (Wildman–Crippen MR) is 95.8 cm³/mol. The molecule has 2 aromatic rings. The Morgan fingerprint density at radius 3 is 2.59 bits per heavy atom. The Kier molecular flexibility index (Phi) is 4.90. The van der Waals surface area contributed by atoms with Crippen molar-refractivity contribution in [2.75, 3.05) is 21.2 Å². The summed E-state index contributed by atoms with van der Waals surface area (Å²) in [5.74, 6) is -2.36. The van der Waals surface area contributed by atoms with Crippen molar-refractivity contribution in [2.45, 2.75) is 11.8 Å². The van der Waals surface area contributed by atoms with Crippen LogP contribution in [0.2, 0.25) is 0 Å². The van der Waals surface area contributed by atoms with Crippen LogP contribution in [-0.2, 0) is 14.3 Å². The number of nitrogens with zero attached hydrogens (tertiary/aromatic N) is 5. The van der Waals surface area contributed by atoms with E-state index < -0.39 is 34.7 Å². The van der Waals surface area contributed by atoms with Gasteiger partial charge in [-0.3, -0.25) is 10.1 Å². The number of nitro benzene ring substituents is 1. The Morgan fingerprint density at radius 2 is 2.03 bits per heavy atom. The monoisotopic (exact) mass is 431 g/mol. The van der Waals surface area contributed by atoms with E-state index >= 15 is 0 Å². The van der Waals surface area contributed by atoms with Gasteiger partial charge in [0.15, 0.2) is 5.01 Å². The Balaban J connectivity index is 2.20. The minimum Gasteiger partial charge on any atom is -0.465 e. The van der Waals surface area contributed by atoms with Gasteiger partial charge in [0, 0.05) is 26.2 Å². The molecule has 1 aromatic carbocycles. The molecule has 0 aliphatic carbocycles. The number of aromatic nitrogens is 1. The van der Waals surface area contributed by atoms with Gasteiger partial charge in [0.05, 0.1) is 22.2 Å². The number of aliphatic imine (C=N–C) groups is 2. The molecule has 1 atom stereocenters. The molecule has 1 aliphatic heterocycles. The van der Waals surface area contributed by atoms with Crippen LogP contribution < -0.4 is 0 Å². The topological polar surface area (TPSA) is 120 Å². The van der Waals surface area contributed by atoms with Crippen molar-refractivity contribution in [1.29, 1.82) is 0 Å². The number of amidine groups is 1. The van der Waals surface area contributed by atoms with Crippen molar-refractivity contribution >= 4 is 45.1 Å². The van der Waals surface area contributed by atoms with Crippen LogP contribution in [0.3, 0.4) is 0 Å². The summed E-state index contributed by atoms with van der Waals surface area (Å²) in [5, 5.41) is 10.8. The smallest absolute Gasteiger partial charge is 0.446 e. The molecule has 154 valence electrons. The molecule has 0 spiro atoms. The van der Waals surface area contributed by atoms with Gasteiger partial charge in [-0.2, -0.15) is 23.2 Å². The number of nitro groups is 1. The highest BCUT2D eigenvalue weighted by atomic mass is 32.1. The number of esters is 1. The van der Waals surface area contributed by atoms with E-state index in [0.717, 1.165) is 23.3 Å². The van der Waals surface area contributed by atoms with Crippen LogP contribution in [0, 0.1) is 10.1 Å². The number of halogens is 3. The van der Waals surface area contributed by atoms with Crippen molar-refractivity contribution in [3.63, 3.8) is 0 Å². The van der Waals surface area contributed by atoms with Crippen molar-refractivity contribution in [2.24, 2.45) is 9.98 Å². The standard InChI is InChI=1S/C15H12F3N5O5S/c1-22(2)13-21-14(12(24)27-3,15(16,17)18)20-10(28-13)11-19-8-5-4-7(23(25)26)6-9(8)29-11/h4-6H,1-3H3/t14-/m1/s1. The Bertz CT molecular complexity index is 1060. The number of carbonyl (C=O) groups is 1. The maximum atomic E-state index is 13.8. The van der Waals surface area contributed by atoms with Crippen LogP contribution in [0.4, 0.5) is 18.9 Å². The first-order chi connectivity index (χ1) is 13.5. The van der Waals surface area contributed by atoms with Crippen LogP contribution in [0.1, 0.15) is 5.01 Å². The number of ether oxygens (including phenoxy) is 2. The zero-order valence-electron chi connectivity index (χ0n) is 15.1. The van der Waals surface area contributed by atoms with Gasteiger partial charge in [-0.05, 0) is 6.07 Å². The van der Waals surface area contributed by atoms with E-state index in [1.165, 1.54) is 32.3 Å². The molecule has 1 aromatic heterocycles. The van der Waals surface area contributed by atoms with Gasteiger partial charge >= 0.3 is 17.8 Å². The number of hydrogen-bond acceptors (Lipinski definition) is 10. The molecule has 0 amide bonds. The lowest BCUT2D eigenvalue weighted by molar-refractivity contribution is -0.384. The molecule has 0 saturated carbocycles. The van der Waals surface area contributed by atoms with E-state index in [0.29, 0.717) is 4.70 Å². The summed E-state index contributed by atoms with van der Waals surface area (Å²) < 4.78 is 51.4. The third kappa shape index (κ3) is 3.46. The van der Waals surface area contributed by atoms with Gasteiger partial charge in [0.1, 0.15) is 0 Å². The van der Waals surface area contributed by atoms with E-state index in [1.54, 1.807) is 0 Å². The van der Waals surface area contributed by atoms with Crippen molar-refractivity contribution in [1.82, 2.24) is 9.88 Å². The van der Waals surface area contributed by atoms with Crippen LogP contribution >= 0.6 is 11.3 Å². The average Bonchev–Trinajstić information content (AvgIpc) is 3.09. The van der Waals surface area contributed by atoms with Gasteiger partial charge in [-0.25, -0.2) is 9.78 Å². The van der Waals surface area contributed by atoms with Gasteiger partial charge < -0.3 is 14.4 Å². The van der Waals surface area contributed by atoms with E-state index in [4.69, 9.17) is 4.74 Å². The Labute approximate surface area is 164 Å². The third-order valence-electron chi connectivity index (χ3n) is 3.72. The molecular formula is C15H12F3N5O5S. The number of hydrogen-bond donors (Lipinski definition) is 0. The average molecular weight is 431 g/mol. The van der Waals surface area contributed by atoms with Gasteiger partial charge in [0.25, 0.3) is 17.6 Å². The second kappa shape index (κ2) is 6.95. The molecule has 29 heavy (non-hydrogen) atoms. The summed E-state index contributed by atoms with van der Waals surface area (Å²) in [6.07, 6.45) is -5.23. The summed E-state index contributed by atoms with van der Waals surface area (Å²) >= 11 is 0.815. The summed E-state index contributed by atoms with van der Waals surface area (Å²) in [6, 6.07) is 3.23. The van der Waals surface area contributed by atoms with Crippen molar-refractivity contribution in [3.8, 4) is 0 Å². The maximum Gasteiger partial charge on any atom is 0.446 e. The molecule has 0 radical (unpaired) electrons. The summed E-state index contributed by atoms with van der Waals surface area (Å²) in [6.45, 7) is 0. The lowest BCUT2D eigenvalue weighted by Gasteiger charge is -2.31. The second-order valence-electron chi connectivity index (χ2n) is 5.90. The predicted octanol–water partition coefficient (Wildman–Crippen LogP) is 2.33. The number of carbonyl (C=O) groups excluding carboxylic acids is 1. The highest BCUT2D eigenvalue weighted by molar-refractivity contribution is 7.20. The summed E-state index contributed by atoms with van der Waals surface area (Å²) in [4.78, 5) is 34.3. The summed E-state index contributed by atoms with van der Waals surface area (Å²) in [7, 11) is 3.51. The largest absolute Gasteiger partial charge is 0.465 e. The van der Waals surface area contributed by atoms with E-state index in [9.17, 15) is 28.1 Å². The number of non-ortho nitro benzene ring substituents is 1. The van der Waals surface area contributed by atoms with Gasteiger partial charge in [0.2, 0.25) is 0 Å². The number of methoxy groups -OCH3 is 1. The summed E-state index contributed by atoms with van der Waals surface area (Å²) in [5.41, 5.74) is -3.50. The fraction of sp³-hybridized carbons (Fsp3) is 0.333. The Morgan fingerprint density at radius 1 is 1.34 bits per heavy atom. The number of rotatable bonds is 3. The minimum atomic E-state index is -5.23. The molecule has 0 unspecified atom stereocenters. The second-order valence-corrected chi connectivity index (χ2v) is 6.93. The molecule has 0 bridgehead atoms. The van der Waals surface area contributed by atoms with Crippen LogP contribution in [0.15, 0.2) is 28.2 Å². The fourth-order valence-electron chi connectivity index (χ4n) is 2.32. The third-order valence-corrected chi connectivity index (χ3v) is 4.73. The molecular weight excluding hydrogens is 419 g/mol. The van der Waals surface area contributed by atoms with Gasteiger partial charge in [-0.15, -0.1) is 11.3 Å². The first-order valence-corrected chi connectivity index (χ1v) is 8.55. The normalized spacial score (nSPS) is 19.2. The molecule has 3 rings (SSSR count). The number of thiazole rings is 1. The lowest BCUT2D eigenvalue weighted by atomic mass is 10.1. The lowest BCUT2D eigenvalue weighted by Crippen LogP contribution is -2.54. The highest BCUT2D eigenvalue weighted by Crippen LogP contribution is 2.39. The number of fused-ring (bicyclic) bond motifs is 1. The van der Waals surface area contributed by atoms with Crippen molar-refractivity contribution < 1.29 is 32.4 Å². The SMILES string of the molecule is COC(=O)[C@@]1(C(F)(F)F)N=C(c2nc3ccc([N+](=O)[O-])cc3s2)OC(N(C)C)=N1. The first-order valence-electron chi connectivity index (χ1n) is 7.74. The highest BCUT2D eigenvalue weighted by Gasteiger charge is 2.65. The van der Waals surface area contributed by atoms with E-state index in [2.05, 4.69) is 19.7 Å². The molecule has 2 heterocycles. The zero-order chi connectivity index (χ0) is 21.6. The first kappa shape index (κ1) is 20.4. The molecule has 0 N–H and O–H groups in total. The quantitative estimate of drug-likeness (QED) is 0.416. The fourth-order valence-corrected chi connectivity index (χ4v) is 3.24. The molecule has 0 saturated heterocycles. The van der Waals surface area contributed by atoms with E-state index in [-0.39, 0.29) is 16.2 Å². The van der Waals surface area contributed by atoms with Crippen molar-refractivity contribution in [3.05, 3.63) is 33.3 Å². The molecule has 1 aliphatic rings. The van der Waals surface area contributed by atoms with E-state index in [1.807, 2.05) is 0 Å². The minimum absolute atomic E-state index is 0.118. The van der Waals surface area contributed by atoms with Crippen LogP contribution in [0.5, 0.6) is 0 Å². The molecule has 10 nitrogen and oxygen atoms in total.